The molecule has 3 N–H and O–H groups in total. The molecule has 0 fully saturated rings. The molecule has 0 aliphatic rings. The summed E-state index contributed by atoms with van der Waals surface area (Å²) < 4.78 is 10.9. The number of benzene rings is 1. The van der Waals surface area contributed by atoms with Gasteiger partial charge in [-0.3, -0.25) is 19.1 Å². The molecule has 138 valence electrons. The number of esters is 1. The van der Waals surface area contributed by atoms with Crippen LogP contribution in [0, 0.1) is 6.92 Å². The predicted molar refractivity (Wildman–Crippen MR) is 93.7 cm³/mol. The smallest absolute Gasteiger partial charge is 0.344 e. The zero-order valence-corrected chi connectivity index (χ0v) is 14.8. The number of H-pyrrole nitrogens is 1. The van der Waals surface area contributed by atoms with Crippen molar-refractivity contribution >= 4 is 29.2 Å². The van der Waals surface area contributed by atoms with Gasteiger partial charge in [0.05, 0.1) is 0 Å². The molecule has 1 aromatic carbocycles. The van der Waals surface area contributed by atoms with Gasteiger partial charge in [0.25, 0.3) is 5.56 Å². The molecule has 2 rings (SSSR count). The Balaban J connectivity index is 1.96. The van der Waals surface area contributed by atoms with Crippen molar-refractivity contribution in [2.24, 2.45) is 7.05 Å². The molecular weight excluding hydrogens is 366 g/mol. The molecule has 0 atom stereocenters. The standard InChI is InChI=1S/C16H16ClN3O6/c1-8-5-9(3-4-10(8)17)25-7-12(22)26-6-11(21)13-14(18)20(2)16(24)19-15(13)23/h3-5H,6-7,18H2,1-2H3,(H,19,23,24). The minimum absolute atomic E-state index is 0.312. The normalized spacial score (nSPS) is 10.4. The van der Waals surface area contributed by atoms with Gasteiger partial charge in [-0.25, -0.2) is 9.59 Å². The number of Topliss-reactive ketones (excluding diaryl/α,β-unsaturated/α-hetero) is 1. The van der Waals surface area contributed by atoms with Crippen molar-refractivity contribution in [3.05, 3.63) is 55.2 Å². The molecule has 0 spiro atoms. The highest BCUT2D eigenvalue weighted by atomic mass is 35.5. The molecule has 1 aromatic heterocycles. The monoisotopic (exact) mass is 381 g/mol. The summed E-state index contributed by atoms with van der Waals surface area (Å²) in [6.45, 7) is 0.627. The summed E-state index contributed by atoms with van der Waals surface area (Å²) in [6.07, 6.45) is 0. The van der Waals surface area contributed by atoms with E-state index in [4.69, 9.17) is 26.8 Å². The van der Waals surface area contributed by atoms with Crippen LogP contribution in [0.25, 0.3) is 0 Å². The fourth-order valence-corrected chi connectivity index (χ4v) is 2.13. The van der Waals surface area contributed by atoms with Gasteiger partial charge in [0, 0.05) is 12.1 Å². The highest BCUT2D eigenvalue weighted by Gasteiger charge is 2.19. The van der Waals surface area contributed by atoms with Gasteiger partial charge in [0.2, 0.25) is 5.78 Å². The summed E-state index contributed by atoms with van der Waals surface area (Å²) in [4.78, 5) is 48.8. The number of halogens is 1. The largest absolute Gasteiger partial charge is 0.482 e. The second kappa shape index (κ2) is 7.87. The second-order valence-electron chi connectivity index (χ2n) is 5.36. The van der Waals surface area contributed by atoms with E-state index < -0.39 is 41.8 Å². The number of ketones is 1. The van der Waals surface area contributed by atoms with Crippen LogP contribution in [-0.2, 0) is 16.6 Å². The zero-order valence-electron chi connectivity index (χ0n) is 14.0. The topological polar surface area (TPSA) is 133 Å². The minimum atomic E-state index is -0.945. The van der Waals surface area contributed by atoms with Crippen LogP contribution in [0.2, 0.25) is 5.02 Å². The first kappa shape index (κ1) is 19.3. The Hall–Kier alpha value is -3.07. The summed E-state index contributed by atoms with van der Waals surface area (Å²) in [5.41, 5.74) is 4.22. The SMILES string of the molecule is Cc1cc(OCC(=O)OCC(=O)c2c(N)n(C)c(=O)[nH]c2=O)ccc1Cl. The number of anilines is 1. The Morgan fingerprint density at radius 3 is 2.62 bits per heavy atom. The quantitative estimate of drug-likeness (QED) is 0.547. The summed E-state index contributed by atoms with van der Waals surface area (Å²) in [5.74, 6) is -1.55. The van der Waals surface area contributed by atoms with Crippen molar-refractivity contribution in [3.8, 4) is 5.75 Å². The van der Waals surface area contributed by atoms with Crippen molar-refractivity contribution in [1.82, 2.24) is 9.55 Å². The highest BCUT2D eigenvalue weighted by Crippen LogP contribution is 2.20. The lowest BCUT2D eigenvalue weighted by atomic mass is 10.2. The molecule has 0 aliphatic heterocycles. The van der Waals surface area contributed by atoms with Crippen LogP contribution in [-0.4, -0.2) is 34.5 Å². The van der Waals surface area contributed by atoms with Crippen molar-refractivity contribution in [1.29, 1.82) is 0 Å². The number of carbonyl (C=O) groups excluding carboxylic acids is 2. The van der Waals surface area contributed by atoms with E-state index >= 15 is 0 Å². The number of hydrogen-bond donors (Lipinski definition) is 2. The number of nitrogens with two attached hydrogens (primary N) is 1. The first-order valence-electron chi connectivity index (χ1n) is 7.37. The minimum Gasteiger partial charge on any atom is -0.482 e. The molecule has 0 saturated carbocycles. The van der Waals surface area contributed by atoms with Crippen molar-refractivity contribution in [2.45, 2.75) is 6.92 Å². The van der Waals surface area contributed by atoms with Gasteiger partial charge < -0.3 is 15.2 Å². The average molecular weight is 382 g/mol. The third-order valence-corrected chi connectivity index (χ3v) is 3.92. The molecule has 9 nitrogen and oxygen atoms in total. The lowest BCUT2D eigenvalue weighted by Gasteiger charge is -2.09. The third-order valence-electron chi connectivity index (χ3n) is 3.50. The number of aromatic amines is 1. The number of ether oxygens (including phenoxy) is 2. The van der Waals surface area contributed by atoms with E-state index in [1.807, 2.05) is 4.98 Å². The number of aromatic nitrogens is 2. The van der Waals surface area contributed by atoms with E-state index in [2.05, 4.69) is 0 Å². The van der Waals surface area contributed by atoms with E-state index in [-0.39, 0.29) is 5.82 Å². The Kier molecular flexibility index (Phi) is 5.83. The average Bonchev–Trinajstić information content (AvgIpc) is 2.59. The Bertz CT molecular complexity index is 979. The maximum absolute atomic E-state index is 12.1. The fraction of sp³-hybridized carbons (Fsp3) is 0.250. The van der Waals surface area contributed by atoms with E-state index in [9.17, 15) is 19.2 Å². The third kappa shape index (κ3) is 4.31. The molecule has 0 saturated heterocycles. The molecule has 0 amide bonds. The van der Waals surface area contributed by atoms with Crippen LogP contribution in [0.15, 0.2) is 27.8 Å². The molecule has 0 radical (unpaired) electrons. The number of hydrogen-bond acceptors (Lipinski definition) is 7. The summed E-state index contributed by atoms with van der Waals surface area (Å²) in [5, 5.41) is 0.561. The van der Waals surface area contributed by atoms with Crippen molar-refractivity contribution < 1.29 is 19.1 Å². The fourth-order valence-electron chi connectivity index (χ4n) is 2.02. The van der Waals surface area contributed by atoms with E-state index in [0.717, 1.165) is 10.1 Å². The van der Waals surface area contributed by atoms with Gasteiger partial charge in [-0.15, -0.1) is 0 Å². The van der Waals surface area contributed by atoms with Crippen molar-refractivity contribution in [3.63, 3.8) is 0 Å². The van der Waals surface area contributed by atoms with Crippen LogP contribution in [0.5, 0.6) is 5.75 Å². The van der Waals surface area contributed by atoms with Crippen LogP contribution in [0.3, 0.4) is 0 Å². The van der Waals surface area contributed by atoms with Gasteiger partial charge in [-0.1, -0.05) is 11.6 Å². The van der Waals surface area contributed by atoms with Crippen LogP contribution >= 0.6 is 11.6 Å². The zero-order chi connectivity index (χ0) is 19.4. The highest BCUT2D eigenvalue weighted by molar-refractivity contribution is 6.31. The molecular formula is C16H16ClN3O6. The lowest BCUT2D eigenvalue weighted by molar-refractivity contribution is -0.144. The number of nitrogens with one attached hydrogen (secondary N) is 1. The number of rotatable bonds is 6. The van der Waals surface area contributed by atoms with E-state index in [1.165, 1.54) is 7.05 Å². The van der Waals surface area contributed by atoms with Gasteiger partial charge in [-0.05, 0) is 30.7 Å². The van der Waals surface area contributed by atoms with Crippen molar-refractivity contribution in [2.75, 3.05) is 18.9 Å². The Morgan fingerprint density at radius 1 is 1.27 bits per heavy atom. The Morgan fingerprint density at radius 2 is 1.96 bits per heavy atom. The molecule has 1 heterocycles. The molecule has 0 unspecified atom stereocenters. The number of carbonyl (C=O) groups is 2. The number of aryl methyl sites for hydroxylation is 1. The van der Waals surface area contributed by atoms with Crippen LogP contribution in [0.1, 0.15) is 15.9 Å². The van der Waals surface area contributed by atoms with Gasteiger partial charge >= 0.3 is 11.7 Å². The number of nitrogens with zero attached hydrogens (tertiary/aromatic N) is 1. The summed E-state index contributed by atoms with van der Waals surface area (Å²) in [6, 6.07) is 4.85. The maximum Gasteiger partial charge on any atom is 0.344 e. The first-order valence-corrected chi connectivity index (χ1v) is 7.75. The molecule has 10 heteroatoms. The van der Waals surface area contributed by atoms with Crippen LogP contribution < -0.4 is 21.7 Å². The van der Waals surface area contributed by atoms with Gasteiger partial charge in [0.15, 0.2) is 13.2 Å². The molecule has 0 aliphatic carbocycles. The summed E-state index contributed by atoms with van der Waals surface area (Å²) in [7, 11) is 1.29. The van der Waals surface area contributed by atoms with Gasteiger partial charge in [0.1, 0.15) is 17.1 Å². The van der Waals surface area contributed by atoms with E-state index in [0.29, 0.717) is 10.8 Å². The van der Waals surface area contributed by atoms with Crippen LogP contribution in [0.4, 0.5) is 5.82 Å². The molecule has 0 bridgehead atoms. The lowest BCUT2D eigenvalue weighted by Crippen LogP contribution is -2.36. The molecule has 26 heavy (non-hydrogen) atoms. The van der Waals surface area contributed by atoms with E-state index in [1.54, 1.807) is 25.1 Å². The Labute approximate surface area is 152 Å². The first-order chi connectivity index (χ1) is 12.2. The van der Waals surface area contributed by atoms with Gasteiger partial charge in [-0.2, -0.15) is 0 Å². The second-order valence-corrected chi connectivity index (χ2v) is 5.77. The summed E-state index contributed by atoms with van der Waals surface area (Å²) >= 11 is 5.89. The molecule has 2 aromatic rings. The predicted octanol–water partition coefficient (Wildman–Crippen LogP) is 0.423. The maximum atomic E-state index is 12.1. The number of nitrogen functional groups attached to an aromatic ring is 1.